The Morgan fingerprint density at radius 1 is 1.08 bits per heavy atom. The smallest absolute Gasteiger partial charge is 0.203 e. The second kappa shape index (κ2) is 6.21. The van der Waals surface area contributed by atoms with Gasteiger partial charge >= 0.3 is 0 Å². The van der Waals surface area contributed by atoms with Crippen LogP contribution in [-0.4, -0.2) is 12.1 Å². The number of aromatic nitrogens is 1. The highest BCUT2D eigenvalue weighted by Crippen LogP contribution is 2.34. The molecule has 2 aromatic heterocycles. The van der Waals surface area contributed by atoms with E-state index in [1.165, 1.54) is 0 Å². The number of H-pyrrole nitrogens is 1. The summed E-state index contributed by atoms with van der Waals surface area (Å²) in [6.07, 6.45) is 0.609. The van der Waals surface area contributed by atoms with Crippen molar-refractivity contribution in [3.8, 4) is 23.1 Å². The van der Waals surface area contributed by atoms with E-state index in [9.17, 15) is 0 Å². The topological polar surface area (TPSA) is 61.9 Å². The van der Waals surface area contributed by atoms with Crippen molar-refractivity contribution >= 4 is 10.9 Å². The van der Waals surface area contributed by atoms with Gasteiger partial charge in [-0.15, -0.1) is 0 Å². The summed E-state index contributed by atoms with van der Waals surface area (Å²) in [6, 6.07) is 21.8. The Bertz CT molecular complexity index is 1070. The minimum Gasteiger partial charge on any atom is -0.497 e. The number of aromatic amines is 1. The second-order valence-corrected chi connectivity index (χ2v) is 5.81. The van der Waals surface area contributed by atoms with Gasteiger partial charge in [0.2, 0.25) is 5.76 Å². The maximum Gasteiger partial charge on any atom is 0.203 e. The monoisotopic (exact) mass is 328 g/mol. The van der Waals surface area contributed by atoms with E-state index in [2.05, 4.69) is 23.2 Å². The van der Waals surface area contributed by atoms with E-state index in [0.717, 1.165) is 39.2 Å². The first-order valence-electron chi connectivity index (χ1n) is 8.01. The first-order valence-corrected chi connectivity index (χ1v) is 8.01. The van der Waals surface area contributed by atoms with Gasteiger partial charge in [-0.2, -0.15) is 5.26 Å². The van der Waals surface area contributed by atoms with Crippen LogP contribution in [0.25, 0.3) is 22.2 Å². The van der Waals surface area contributed by atoms with E-state index in [-0.39, 0.29) is 0 Å². The fourth-order valence-electron chi connectivity index (χ4n) is 3.10. The summed E-state index contributed by atoms with van der Waals surface area (Å²) in [6.45, 7) is 0. The molecule has 4 aromatic rings. The number of ether oxygens (including phenoxy) is 1. The van der Waals surface area contributed by atoms with Crippen LogP contribution >= 0.6 is 0 Å². The summed E-state index contributed by atoms with van der Waals surface area (Å²) in [5.41, 5.74) is 4.32. The number of fused-ring (bicyclic) bond motifs is 1. The average molecular weight is 328 g/mol. The summed E-state index contributed by atoms with van der Waals surface area (Å²) in [4.78, 5) is 3.51. The third-order valence-corrected chi connectivity index (χ3v) is 4.30. The SMILES string of the molecule is COc1ccc2c(Cc3ccc(C#N)o3)c(-c3ccccc3)[nH]c2c1. The van der Waals surface area contributed by atoms with Gasteiger partial charge in [0, 0.05) is 23.4 Å². The lowest BCUT2D eigenvalue weighted by Gasteiger charge is -2.04. The molecule has 0 unspecified atom stereocenters. The van der Waals surface area contributed by atoms with Crippen molar-refractivity contribution in [2.45, 2.75) is 6.42 Å². The fraction of sp³-hybridized carbons (Fsp3) is 0.0952. The third-order valence-electron chi connectivity index (χ3n) is 4.30. The minimum atomic E-state index is 0.331. The summed E-state index contributed by atoms with van der Waals surface area (Å²) < 4.78 is 10.9. The Labute approximate surface area is 145 Å². The largest absolute Gasteiger partial charge is 0.497 e. The number of nitrogens with one attached hydrogen (secondary N) is 1. The maximum atomic E-state index is 8.98. The summed E-state index contributed by atoms with van der Waals surface area (Å²) >= 11 is 0. The lowest BCUT2D eigenvalue weighted by Crippen LogP contribution is -1.89. The molecule has 0 spiro atoms. The number of hydrogen-bond donors (Lipinski definition) is 1. The highest BCUT2D eigenvalue weighted by Gasteiger charge is 2.16. The van der Waals surface area contributed by atoms with Crippen LogP contribution in [0, 0.1) is 11.3 Å². The molecule has 0 atom stereocenters. The average Bonchev–Trinajstić information content (AvgIpc) is 3.27. The minimum absolute atomic E-state index is 0.331. The Balaban J connectivity index is 1.88. The van der Waals surface area contributed by atoms with Crippen molar-refractivity contribution in [3.63, 3.8) is 0 Å². The molecule has 25 heavy (non-hydrogen) atoms. The number of nitriles is 1. The number of furan rings is 1. The number of rotatable bonds is 4. The van der Waals surface area contributed by atoms with E-state index in [4.69, 9.17) is 14.4 Å². The number of hydrogen-bond acceptors (Lipinski definition) is 3. The molecule has 0 amide bonds. The van der Waals surface area contributed by atoms with Gasteiger partial charge in [0.05, 0.1) is 12.8 Å². The summed E-state index contributed by atoms with van der Waals surface area (Å²) in [5.74, 6) is 1.91. The van der Waals surface area contributed by atoms with Crippen LogP contribution in [0.15, 0.2) is 65.1 Å². The molecule has 0 aliphatic heterocycles. The number of benzene rings is 2. The zero-order chi connectivity index (χ0) is 17.2. The van der Waals surface area contributed by atoms with Crippen LogP contribution in [0.3, 0.4) is 0 Å². The molecular formula is C21H16N2O2. The molecule has 2 aromatic carbocycles. The van der Waals surface area contributed by atoms with Gasteiger partial charge in [-0.25, -0.2) is 0 Å². The molecule has 0 saturated carbocycles. The van der Waals surface area contributed by atoms with E-state index in [1.54, 1.807) is 13.2 Å². The zero-order valence-corrected chi connectivity index (χ0v) is 13.7. The predicted molar refractivity (Wildman–Crippen MR) is 96.5 cm³/mol. The molecule has 0 aliphatic rings. The van der Waals surface area contributed by atoms with Crippen LogP contribution in [0.5, 0.6) is 5.75 Å². The van der Waals surface area contributed by atoms with Crippen molar-refractivity contribution in [2.75, 3.05) is 7.11 Å². The molecule has 0 radical (unpaired) electrons. The van der Waals surface area contributed by atoms with Gasteiger partial charge in [-0.3, -0.25) is 0 Å². The lowest BCUT2D eigenvalue weighted by molar-refractivity contribution is 0.415. The molecule has 4 nitrogen and oxygen atoms in total. The zero-order valence-electron chi connectivity index (χ0n) is 13.7. The Morgan fingerprint density at radius 3 is 2.64 bits per heavy atom. The normalized spacial score (nSPS) is 10.7. The first kappa shape index (κ1) is 15.1. The summed E-state index contributed by atoms with van der Waals surface area (Å²) in [5, 5.41) is 10.1. The van der Waals surface area contributed by atoms with Crippen LogP contribution in [0.2, 0.25) is 0 Å². The molecule has 4 heteroatoms. The van der Waals surface area contributed by atoms with E-state index in [1.807, 2.05) is 42.5 Å². The quantitative estimate of drug-likeness (QED) is 0.579. The first-order chi connectivity index (χ1) is 12.3. The Morgan fingerprint density at radius 2 is 1.92 bits per heavy atom. The highest BCUT2D eigenvalue weighted by molar-refractivity contribution is 5.92. The third kappa shape index (κ3) is 2.77. The van der Waals surface area contributed by atoms with E-state index in [0.29, 0.717) is 12.2 Å². The lowest BCUT2D eigenvalue weighted by atomic mass is 10.0. The van der Waals surface area contributed by atoms with Gasteiger partial charge in [0.1, 0.15) is 17.6 Å². The van der Waals surface area contributed by atoms with Crippen molar-refractivity contribution in [3.05, 3.63) is 77.7 Å². The molecule has 0 saturated heterocycles. The molecule has 4 rings (SSSR count). The van der Waals surface area contributed by atoms with Crippen molar-refractivity contribution in [2.24, 2.45) is 0 Å². The van der Waals surface area contributed by atoms with Crippen LogP contribution in [-0.2, 0) is 6.42 Å². The molecular weight excluding hydrogens is 312 g/mol. The number of methoxy groups -OCH3 is 1. The van der Waals surface area contributed by atoms with Gasteiger partial charge in [0.15, 0.2) is 0 Å². The standard InChI is InChI=1S/C21H16N2O2/c1-24-15-9-10-18-19(11-16-7-8-17(13-22)25-16)21(23-20(18)12-15)14-5-3-2-4-6-14/h2-10,12,23H,11H2,1H3. The van der Waals surface area contributed by atoms with E-state index >= 15 is 0 Å². The molecule has 0 fully saturated rings. The Hall–Kier alpha value is -3.45. The second-order valence-electron chi connectivity index (χ2n) is 5.81. The van der Waals surface area contributed by atoms with Gasteiger partial charge in [-0.1, -0.05) is 30.3 Å². The molecule has 0 bridgehead atoms. The van der Waals surface area contributed by atoms with Crippen LogP contribution < -0.4 is 4.74 Å². The van der Waals surface area contributed by atoms with Crippen LogP contribution in [0.4, 0.5) is 0 Å². The molecule has 2 heterocycles. The van der Waals surface area contributed by atoms with E-state index < -0.39 is 0 Å². The molecule has 0 aliphatic carbocycles. The summed E-state index contributed by atoms with van der Waals surface area (Å²) in [7, 11) is 1.66. The van der Waals surface area contributed by atoms with Gasteiger partial charge < -0.3 is 14.1 Å². The maximum absolute atomic E-state index is 8.98. The van der Waals surface area contributed by atoms with Crippen LogP contribution in [0.1, 0.15) is 17.1 Å². The van der Waals surface area contributed by atoms with Crippen molar-refractivity contribution in [1.29, 1.82) is 5.26 Å². The predicted octanol–water partition coefficient (Wildman–Crippen LogP) is 4.90. The number of nitrogens with zero attached hydrogens (tertiary/aromatic N) is 1. The van der Waals surface area contributed by atoms with Gasteiger partial charge in [0.25, 0.3) is 0 Å². The molecule has 1 N–H and O–H groups in total. The molecule has 122 valence electrons. The fourth-order valence-corrected chi connectivity index (χ4v) is 3.10. The van der Waals surface area contributed by atoms with Crippen molar-refractivity contribution < 1.29 is 9.15 Å². The van der Waals surface area contributed by atoms with Crippen molar-refractivity contribution in [1.82, 2.24) is 4.98 Å². The van der Waals surface area contributed by atoms with Gasteiger partial charge in [-0.05, 0) is 35.4 Å². The Kier molecular flexibility index (Phi) is 3.75. The highest BCUT2D eigenvalue weighted by atomic mass is 16.5.